The summed E-state index contributed by atoms with van der Waals surface area (Å²) in [7, 11) is 0. The second-order valence-electron chi connectivity index (χ2n) is 7.55. The highest BCUT2D eigenvalue weighted by Gasteiger charge is 2.50. The van der Waals surface area contributed by atoms with Crippen molar-refractivity contribution in [3.8, 4) is 0 Å². The first-order valence-electron chi connectivity index (χ1n) is 9.65. The van der Waals surface area contributed by atoms with Gasteiger partial charge in [0.2, 0.25) is 5.91 Å². The fourth-order valence-corrected chi connectivity index (χ4v) is 3.38. The molecule has 2 aromatic carbocycles. The van der Waals surface area contributed by atoms with Crippen LogP contribution in [-0.4, -0.2) is 29.3 Å². The van der Waals surface area contributed by atoms with Crippen LogP contribution in [0.2, 0.25) is 0 Å². The summed E-state index contributed by atoms with van der Waals surface area (Å²) in [6.45, 7) is 4.91. The van der Waals surface area contributed by atoms with Crippen molar-refractivity contribution in [1.29, 1.82) is 0 Å². The van der Waals surface area contributed by atoms with Gasteiger partial charge < -0.3 is 10.6 Å². The Morgan fingerprint density at radius 3 is 2.47 bits per heavy atom. The zero-order valence-electron chi connectivity index (χ0n) is 17.0. The molecule has 2 N–H and O–H groups in total. The van der Waals surface area contributed by atoms with Crippen LogP contribution >= 0.6 is 0 Å². The number of hydrogen-bond donors (Lipinski definition) is 2. The third-order valence-electron chi connectivity index (χ3n) is 5.42. The number of nitrogens with zero attached hydrogens (tertiary/aromatic N) is 1. The van der Waals surface area contributed by atoms with E-state index in [-0.39, 0.29) is 5.56 Å². The minimum Gasteiger partial charge on any atom is -0.325 e. The second kappa shape index (κ2) is 8.22. The first kappa shape index (κ1) is 21.4. The van der Waals surface area contributed by atoms with Crippen LogP contribution in [0.3, 0.4) is 0 Å². The van der Waals surface area contributed by atoms with E-state index in [1.54, 1.807) is 12.1 Å². The molecule has 0 bridgehead atoms. The van der Waals surface area contributed by atoms with Crippen LogP contribution in [0.25, 0.3) is 0 Å². The summed E-state index contributed by atoms with van der Waals surface area (Å²) in [6, 6.07) is 9.11. The van der Waals surface area contributed by atoms with Gasteiger partial charge >= 0.3 is 6.03 Å². The summed E-state index contributed by atoms with van der Waals surface area (Å²) >= 11 is 0. The molecule has 3 rings (SSSR count). The van der Waals surface area contributed by atoms with E-state index < -0.39 is 41.6 Å². The number of benzene rings is 2. The number of carbonyl (C=O) groups is 3. The minimum absolute atomic E-state index is 0.301. The summed E-state index contributed by atoms with van der Waals surface area (Å²) in [5, 5.41) is 5.00. The van der Waals surface area contributed by atoms with Crippen LogP contribution in [0, 0.1) is 11.6 Å². The van der Waals surface area contributed by atoms with Crippen molar-refractivity contribution in [3.05, 3.63) is 65.2 Å². The van der Waals surface area contributed by atoms with E-state index in [1.807, 2.05) is 12.1 Å². The highest BCUT2D eigenvalue weighted by atomic mass is 19.1. The third kappa shape index (κ3) is 4.03. The standard InChI is InChI=1S/C22H23F2N3O3/c1-4-13(2)14-5-8-16(9-6-14)25-19(28)12-27-20(29)22(3,26-21(27)30)17-11-15(23)7-10-18(17)24/h5-11,13H,4,12H2,1-3H3,(H,25,28)(H,26,30)/t13-,22-/m0/s1. The molecule has 2 aromatic rings. The van der Waals surface area contributed by atoms with Gasteiger partial charge in [0.05, 0.1) is 0 Å². The summed E-state index contributed by atoms with van der Waals surface area (Å²) in [5.41, 5.74) is -0.443. The normalized spacial score (nSPS) is 19.6. The molecular formula is C22H23F2N3O3. The first-order chi connectivity index (χ1) is 14.2. The highest BCUT2D eigenvalue weighted by molar-refractivity contribution is 6.10. The van der Waals surface area contributed by atoms with Crippen molar-refractivity contribution in [3.63, 3.8) is 0 Å². The smallest absolute Gasteiger partial charge is 0.325 e. The monoisotopic (exact) mass is 415 g/mol. The highest BCUT2D eigenvalue weighted by Crippen LogP contribution is 2.31. The van der Waals surface area contributed by atoms with Crippen molar-refractivity contribution < 1.29 is 23.2 Å². The molecule has 2 atom stereocenters. The van der Waals surface area contributed by atoms with Gasteiger partial charge in [0.25, 0.3) is 5.91 Å². The van der Waals surface area contributed by atoms with Crippen LogP contribution in [0.15, 0.2) is 42.5 Å². The van der Waals surface area contributed by atoms with Crippen molar-refractivity contribution in [2.45, 2.75) is 38.6 Å². The number of carbonyl (C=O) groups excluding carboxylic acids is 3. The van der Waals surface area contributed by atoms with E-state index in [4.69, 9.17) is 0 Å². The lowest BCUT2D eigenvalue weighted by molar-refractivity contribution is -0.133. The largest absolute Gasteiger partial charge is 0.325 e. The van der Waals surface area contributed by atoms with E-state index >= 15 is 0 Å². The summed E-state index contributed by atoms with van der Waals surface area (Å²) in [5.74, 6) is -2.61. The fourth-order valence-electron chi connectivity index (χ4n) is 3.38. The number of anilines is 1. The minimum atomic E-state index is -1.80. The number of amides is 4. The van der Waals surface area contributed by atoms with Gasteiger partial charge in [-0.15, -0.1) is 0 Å². The van der Waals surface area contributed by atoms with Crippen molar-refractivity contribution in [2.75, 3.05) is 11.9 Å². The molecule has 1 aliphatic heterocycles. The quantitative estimate of drug-likeness (QED) is 0.703. The van der Waals surface area contributed by atoms with Crippen LogP contribution in [0.5, 0.6) is 0 Å². The SMILES string of the molecule is CC[C@H](C)c1ccc(NC(=O)CN2C(=O)N[C@@](C)(c3cc(F)ccc3F)C2=O)cc1. The Balaban J connectivity index is 1.72. The molecular weight excluding hydrogens is 392 g/mol. The number of nitrogens with one attached hydrogen (secondary N) is 2. The molecule has 0 spiro atoms. The maximum absolute atomic E-state index is 14.2. The van der Waals surface area contributed by atoms with E-state index in [2.05, 4.69) is 24.5 Å². The molecule has 1 aliphatic rings. The molecule has 0 unspecified atom stereocenters. The Bertz CT molecular complexity index is 994. The third-order valence-corrected chi connectivity index (χ3v) is 5.42. The van der Waals surface area contributed by atoms with Gasteiger partial charge in [-0.25, -0.2) is 13.6 Å². The first-order valence-corrected chi connectivity index (χ1v) is 9.65. The van der Waals surface area contributed by atoms with Crippen molar-refractivity contribution in [2.24, 2.45) is 0 Å². The predicted molar refractivity (Wildman–Crippen MR) is 108 cm³/mol. The summed E-state index contributed by atoms with van der Waals surface area (Å²) < 4.78 is 27.8. The average Bonchev–Trinajstić information content (AvgIpc) is 2.93. The molecule has 158 valence electrons. The van der Waals surface area contributed by atoms with Gasteiger partial charge in [-0.2, -0.15) is 0 Å². The molecule has 4 amide bonds. The lowest BCUT2D eigenvalue weighted by atomic mass is 9.91. The molecule has 8 heteroatoms. The maximum atomic E-state index is 14.2. The lowest BCUT2D eigenvalue weighted by Gasteiger charge is -2.22. The van der Waals surface area contributed by atoms with Crippen LogP contribution in [0.4, 0.5) is 19.3 Å². The van der Waals surface area contributed by atoms with Gasteiger partial charge in [-0.1, -0.05) is 26.0 Å². The second-order valence-corrected chi connectivity index (χ2v) is 7.55. The Morgan fingerprint density at radius 1 is 1.17 bits per heavy atom. The summed E-state index contributed by atoms with van der Waals surface area (Å²) in [6.07, 6.45) is 0.989. The molecule has 0 aromatic heterocycles. The predicted octanol–water partition coefficient (Wildman–Crippen LogP) is 3.88. The van der Waals surface area contributed by atoms with Gasteiger partial charge in [0, 0.05) is 11.3 Å². The van der Waals surface area contributed by atoms with Gasteiger partial charge in [-0.3, -0.25) is 14.5 Å². The van der Waals surface area contributed by atoms with Crippen LogP contribution in [-0.2, 0) is 15.1 Å². The molecule has 0 aliphatic carbocycles. The zero-order chi connectivity index (χ0) is 22.1. The van der Waals surface area contributed by atoms with E-state index in [1.165, 1.54) is 6.92 Å². The maximum Gasteiger partial charge on any atom is 0.325 e. The van der Waals surface area contributed by atoms with Crippen LogP contribution < -0.4 is 10.6 Å². The topological polar surface area (TPSA) is 78.5 Å². The average molecular weight is 415 g/mol. The molecule has 1 saturated heterocycles. The Hall–Kier alpha value is -3.29. The molecule has 1 heterocycles. The van der Waals surface area contributed by atoms with E-state index in [0.29, 0.717) is 16.5 Å². The van der Waals surface area contributed by atoms with Gasteiger partial charge in [0.15, 0.2) is 0 Å². The number of hydrogen-bond acceptors (Lipinski definition) is 3. The van der Waals surface area contributed by atoms with E-state index in [9.17, 15) is 23.2 Å². The Labute approximate surface area is 173 Å². The number of halogens is 2. The lowest BCUT2D eigenvalue weighted by Crippen LogP contribution is -2.42. The van der Waals surface area contributed by atoms with Gasteiger partial charge in [0.1, 0.15) is 23.7 Å². The van der Waals surface area contributed by atoms with Crippen molar-refractivity contribution >= 4 is 23.5 Å². The number of urea groups is 1. The van der Waals surface area contributed by atoms with E-state index in [0.717, 1.165) is 30.2 Å². The molecule has 6 nitrogen and oxygen atoms in total. The molecule has 0 saturated carbocycles. The number of rotatable bonds is 6. The Kier molecular flexibility index (Phi) is 5.87. The number of imide groups is 1. The van der Waals surface area contributed by atoms with Crippen molar-refractivity contribution in [1.82, 2.24) is 10.2 Å². The van der Waals surface area contributed by atoms with Gasteiger partial charge in [-0.05, 0) is 55.2 Å². The van der Waals surface area contributed by atoms with Crippen LogP contribution in [0.1, 0.15) is 44.2 Å². The Morgan fingerprint density at radius 2 is 1.83 bits per heavy atom. The molecule has 1 fully saturated rings. The zero-order valence-corrected chi connectivity index (χ0v) is 17.0. The molecule has 30 heavy (non-hydrogen) atoms. The molecule has 0 radical (unpaired) electrons. The fraction of sp³-hybridized carbons (Fsp3) is 0.318. The summed E-state index contributed by atoms with van der Waals surface area (Å²) in [4.78, 5) is 38.2.